The molecule has 1 aliphatic heterocycles. The molecule has 1 aromatic heterocycles. The molecule has 8 heteroatoms. The SMILES string of the molecule is COCCn1c(C(C)N(C)C(=O)c2ccc3c(c2)OCO3)nc2ccccc2c1=O. The molecule has 1 unspecified atom stereocenters. The van der Waals surface area contributed by atoms with Gasteiger partial charge < -0.3 is 19.1 Å². The summed E-state index contributed by atoms with van der Waals surface area (Å²) in [7, 11) is 3.28. The summed E-state index contributed by atoms with van der Waals surface area (Å²) in [6, 6.07) is 11.8. The van der Waals surface area contributed by atoms with Crippen molar-refractivity contribution in [1.82, 2.24) is 14.5 Å². The summed E-state index contributed by atoms with van der Waals surface area (Å²) < 4.78 is 17.4. The molecular formula is C22H23N3O5. The minimum atomic E-state index is -0.447. The first-order valence-corrected chi connectivity index (χ1v) is 9.66. The summed E-state index contributed by atoms with van der Waals surface area (Å²) in [6.45, 7) is 2.70. The van der Waals surface area contributed by atoms with E-state index in [4.69, 9.17) is 19.2 Å². The monoisotopic (exact) mass is 409 g/mol. The first-order valence-electron chi connectivity index (χ1n) is 9.66. The Kier molecular flexibility index (Phi) is 5.41. The van der Waals surface area contributed by atoms with E-state index in [-0.39, 0.29) is 18.3 Å². The van der Waals surface area contributed by atoms with E-state index in [9.17, 15) is 9.59 Å². The average Bonchev–Trinajstić information content (AvgIpc) is 3.25. The largest absolute Gasteiger partial charge is 0.454 e. The van der Waals surface area contributed by atoms with Gasteiger partial charge in [0.2, 0.25) is 6.79 Å². The zero-order chi connectivity index (χ0) is 21.3. The Bertz CT molecular complexity index is 1160. The van der Waals surface area contributed by atoms with Crippen LogP contribution < -0.4 is 15.0 Å². The second kappa shape index (κ2) is 8.16. The smallest absolute Gasteiger partial charge is 0.261 e. The van der Waals surface area contributed by atoms with Crippen LogP contribution in [0.5, 0.6) is 11.5 Å². The molecule has 4 rings (SSSR count). The first-order chi connectivity index (χ1) is 14.5. The van der Waals surface area contributed by atoms with Crippen LogP contribution in [-0.4, -0.2) is 47.9 Å². The molecule has 30 heavy (non-hydrogen) atoms. The lowest BCUT2D eigenvalue weighted by molar-refractivity contribution is 0.0731. The number of ether oxygens (including phenoxy) is 3. The number of benzene rings is 2. The minimum absolute atomic E-state index is 0.145. The highest BCUT2D eigenvalue weighted by molar-refractivity contribution is 5.95. The van der Waals surface area contributed by atoms with E-state index in [0.717, 1.165) is 0 Å². The number of amides is 1. The molecule has 1 aliphatic rings. The van der Waals surface area contributed by atoms with Gasteiger partial charge in [-0.2, -0.15) is 0 Å². The molecular weight excluding hydrogens is 386 g/mol. The highest BCUT2D eigenvalue weighted by Crippen LogP contribution is 2.33. The molecule has 8 nitrogen and oxygen atoms in total. The molecule has 0 saturated carbocycles. The number of para-hydroxylation sites is 1. The van der Waals surface area contributed by atoms with Gasteiger partial charge >= 0.3 is 0 Å². The summed E-state index contributed by atoms with van der Waals surface area (Å²) in [6.07, 6.45) is 0. The van der Waals surface area contributed by atoms with Crippen molar-refractivity contribution in [3.05, 3.63) is 64.2 Å². The van der Waals surface area contributed by atoms with Crippen LogP contribution in [-0.2, 0) is 11.3 Å². The highest BCUT2D eigenvalue weighted by Gasteiger charge is 2.25. The number of rotatable bonds is 6. The molecule has 156 valence electrons. The van der Waals surface area contributed by atoms with Crippen molar-refractivity contribution in [2.45, 2.75) is 19.5 Å². The Morgan fingerprint density at radius 3 is 2.80 bits per heavy atom. The Morgan fingerprint density at radius 2 is 2.00 bits per heavy atom. The maximum atomic E-state index is 13.1. The molecule has 0 spiro atoms. The Hall–Kier alpha value is -3.39. The van der Waals surface area contributed by atoms with Crippen LogP contribution >= 0.6 is 0 Å². The second-order valence-corrected chi connectivity index (χ2v) is 7.10. The van der Waals surface area contributed by atoms with Crippen LogP contribution in [0.15, 0.2) is 47.3 Å². The molecule has 3 aromatic rings. The van der Waals surface area contributed by atoms with Gasteiger partial charge in [0.1, 0.15) is 5.82 Å². The third-order valence-electron chi connectivity index (χ3n) is 5.30. The van der Waals surface area contributed by atoms with E-state index in [1.54, 1.807) is 54.0 Å². The van der Waals surface area contributed by atoms with Crippen LogP contribution in [0.3, 0.4) is 0 Å². The van der Waals surface area contributed by atoms with Crippen LogP contribution in [0.4, 0.5) is 0 Å². The number of nitrogens with zero attached hydrogens (tertiary/aromatic N) is 3. The number of carbonyl (C=O) groups is 1. The van der Waals surface area contributed by atoms with Crippen molar-refractivity contribution in [2.24, 2.45) is 0 Å². The van der Waals surface area contributed by atoms with E-state index < -0.39 is 6.04 Å². The van der Waals surface area contributed by atoms with Crippen LogP contribution in [0.1, 0.15) is 29.1 Å². The Balaban J connectivity index is 1.71. The molecule has 0 bridgehead atoms. The predicted octanol–water partition coefficient (Wildman–Crippen LogP) is 2.60. The van der Waals surface area contributed by atoms with Gasteiger partial charge in [0, 0.05) is 19.7 Å². The maximum absolute atomic E-state index is 13.1. The van der Waals surface area contributed by atoms with E-state index in [2.05, 4.69) is 0 Å². The minimum Gasteiger partial charge on any atom is -0.454 e. The summed E-state index contributed by atoms with van der Waals surface area (Å²) in [5.74, 6) is 1.46. The van der Waals surface area contributed by atoms with Crippen molar-refractivity contribution < 1.29 is 19.0 Å². The first kappa shape index (κ1) is 19.9. The van der Waals surface area contributed by atoms with Crippen molar-refractivity contribution in [3.63, 3.8) is 0 Å². The molecule has 1 amide bonds. The highest BCUT2D eigenvalue weighted by atomic mass is 16.7. The molecule has 0 saturated heterocycles. The van der Waals surface area contributed by atoms with Crippen LogP contribution in [0, 0.1) is 0 Å². The van der Waals surface area contributed by atoms with E-state index in [1.165, 1.54) is 0 Å². The summed E-state index contributed by atoms with van der Waals surface area (Å²) in [4.78, 5) is 32.5. The van der Waals surface area contributed by atoms with E-state index in [0.29, 0.717) is 46.9 Å². The Labute approximate surface area is 173 Å². The maximum Gasteiger partial charge on any atom is 0.261 e. The van der Waals surface area contributed by atoms with Gasteiger partial charge in [0.15, 0.2) is 11.5 Å². The summed E-state index contributed by atoms with van der Waals surface area (Å²) in [5.41, 5.74) is 0.922. The van der Waals surface area contributed by atoms with Crippen LogP contribution in [0.25, 0.3) is 10.9 Å². The standard InChI is InChI=1S/C22H23N3O5/c1-14(24(2)21(26)15-8-9-18-19(12-15)30-13-29-18)20-23-17-7-5-4-6-16(17)22(27)25(20)10-11-28-3/h4-9,12,14H,10-11,13H2,1-3H3. The van der Waals surface area contributed by atoms with E-state index in [1.807, 2.05) is 19.1 Å². The Morgan fingerprint density at radius 1 is 1.23 bits per heavy atom. The zero-order valence-electron chi connectivity index (χ0n) is 17.1. The average molecular weight is 409 g/mol. The lowest BCUT2D eigenvalue weighted by Crippen LogP contribution is -2.36. The molecule has 1 atom stereocenters. The van der Waals surface area contributed by atoms with Crippen molar-refractivity contribution >= 4 is 16.8 Å². The number of fused-ring (bicyclic) bond motifs is 2. The predicted molar refractivity (Wildman–Crippen MR) is 111 cm³/mol. The third-order valence-corrected chi connectivity index (χ3v) is 5.30. The summed E-state index contributed by atoms with van der Waals surface area (Å²) in [5, 5.41) is 0.536. The fraction of sp³-hybridized carbons (Fsp3) is 0.318. The van der Waals surface area contributed by atoms with Crippen molar-refractivity contribution in [1.29, 1.82) is 0 Å². The zero-order valence-corrected chi connectivity index (χ0v) is 17.1. The summed E-state index contributed by atoms with van der Waals surface area (Å²) >= 11 is 0. The van der Waals surface area contributed by atoms with Crippen molar-refractivity contribution in [2.75, 3.05) is 27.6 Å². The van der Waals surface area contributed by atoms with Gasteiger partial charge in [-0.05, 0) is 37.3 Å². The molecule has 2 heterocycles. The van der Waals surface area contributed by atoms with Crippen molar-refractivity contribution in [3.8, 4) is 11.5 Å². The van der Waals surface area contributed by atoms with Gasteiger partial charge in [-0.25, -0.2) is 4.98 Å². The number of methoxy groups -OCH3 is 1. The van der Waals surface area contributed by atoms with Crippen LogP contribution in [0.2, 0.25) is 0 Å². The van der Waals surface area contributed by atoms with E-state index >= 15 is 0 Å². The third kappa shape index (κ3) is 3.50. The molecule has 2 aromatic carbocycles. The number of aromatic nitrogens is 2. The number of hydrogen-bond donors (Lipinski definition) is 0. The molecule has 0 aliphatic carbocycles. The quantitative estimate of drug-likeness (QED) is 0.622. The second-order valence-electron chi connectivity index (χ2n) is 7.10. The number of carbonyl (C=O) groups excluding carboxylic acids is 1. The van der Waals surface area contributed by atoms with Gasteiger partial charge in [0.05, 0.1) is 30.1 Å². The normalized spacial score (nSPS) is 13.4. The molecule has 0 fully saturated rings. The lowest BCUT2D eigenvalue weighted by atomic mass is 10.1. The lowest BCUT2D eigenvalue weighted by Gasteiger charge is -2.27. The van der Waals surface area contributed by atoms with Gasteiger partial charge in [-0.3, -0.25) is 14.2 Å². The van der Waals surface area contributed by atoms with Gasteiger partial charge in [0.25, 0.3) is 11.5 Å². The molecule has 0 N–H and O–H groups in total. The van der Waals surface area contributed by atoms with Gasteiger partial charge in [-0.15, -0.1) is 0 Å². The topological polar surface area (TPSA) is 82.9 Å². The fourth-order valence-corrected chi connectivity index (χ4v) is 3.49. The van der Waals surface area contributed by atoms with Gasteiger partial charge in [-0.1, -0.05) is 12.1 Å². The molecule has 0 radical (unpaired) electrons. The fourth-order valence-electron chi connectivity index (χ4n) is 3.49. The number of hydrogen-bond acceptors (Lipinski definition) is 6.